The molecule has 2 fully saturated rings. The molecular formula is C12H24N2O3S. The zero-order valence-corrected chi connectivity index (χ0v) is 11.6. The van der Waals surface area contributed by atoms with Gasteiger partial charge in [-0.15, -0.1) is 0 Å². The normalized spacial score (nSPS) is 32.1. The van der Waals surface area contributed by atoms with Crippen LogP contribution in [0.5, 0.6) is 0 Å². The van der Waals surface area contributed by atoms with E-state index < -0.39 is 16.1 Å². The molecule has 18 heavy (non-hydrogen) atoms. The van der Waals surface area contributed by atoms with Gasteiger partial charge < -0.3 is 10.4 Å². The molecule has 1 saturated heterocycles. The molecule has 5 nitrogen and oxygen atoms in total. The van der Waals surface area contributed by atoms with Crippen LogP contribution in [-0.4, -0.2) is 44.0 Å². The second-order valence-electron chi connectivity index (χ2n) is 5.42. The number of sulfonamides is 1. The van der Waals surface area contributed by atoms with Crippen molar-refractivity contribution in [3.05, 3.63) is 0 Å². The first-order valence-electron chi connectivity index (χ1n) is 6.99. The number of hydrogen-bond donors (Lipinski definition) is 3. The first kappa shape index (κ1) is 14.2. The number of aliphatic hydroxyl groups excluding tert-OH is 1. The van der Waals surface area contributed by atoms with E-state index in [1.807, 2.05) is 0 Å². The third-order valence-electron chi connectivity index (χ3n) is 4.02. The van der Waals surface area contributed by atoms with E-state index in [1.165, 1.54) is 0 Å². The Kier molecular flexibility index (Phi) is 5.00. The minimum atomic E-state index is -3.28. The van der Waals surface area contributed by atoms with Crippen LogP contribution in [0.2, 0.25) is 0 Å². The second kappa shape index (κ2) is 6.32. The van der Waals surface area contributed by atoms with Crippen LogP contribution in [0, 0.1) is 0 Å². The average Bonchev–Trinajstić information content (AvgIpc) is 2.56. The third kappa shape index (κ3) is 3.66. The van der Waals surface area contributed by atoms with E-state index in [9.17, 15) is 13.5 Å². The van der Waals surface area contributed by atoms with Crippen molar-refractivity contribution in [1.82, 2.24) is 10.0 Å². The molecule has 0 aromatic heterocycles. The smallest absolute Gasteiger partial charge is 0.214 e. The van der Waals surface area contributed by atoms with Crippen molar-refractivity contribution >= 4 is 10.0 Å². The predicted octanol–water partition coefficient (Wildman–Crippen LogP) is 0.351. The van der Waals surface area contributed by atoms with Gasteiger partial charge in [0.25, 0.3) is 0 Å². The average molecular weight is 276 g/mol. The highest BCUT2D eigenvalue weighted by molar-refractivity contribution is 7.90. The summed E-state index contributed by atoms with van der Waals surface area (Å²) >= 11 is 0. The van der Waals surface area contributed by atoms with Crippen LogP contribution < -0.4 is 10.0 Å². The fourth-order valence-corrected chi connectivity index (χ4v) is 4.58. The summed E-state index contributed by atoms with van der Waals surface area (Å²) in [6.07, 6.45) is 5.34. The molecule has 0 aromatic carbocycles. The van der Waals surface area contributed by atoms with Gasteiger partial charge in [0.1, 0.15) is 0 Å². The van der Waals surface area contributed by atoms with Gasteiger partial charge in [-0.25, -0.2) is 13.1 Å². The molecule has 3 N–H and O–H groups in total. The number of hydrogen-bond acceptors (Lipinski definition) is 4. The maximum Gasteiger partial charge on any atom is 0.214 e. The summed E-state index contributed by atoms with van der Waals surface area (Å²) in [5.74, 6) is 0. The Morgan fingerprint density at radius 3 is 2.39 bits per heavy atom. The highest BCUT2D eigenvalue weighted by atomic mass is 32.2. The first-order chi connectivity index (χ1) is 8.59. The van der Waals surface area contributed by atoms with Crippen molar-refractivity contribution < 1.29 is 13.5 Å². The van der Waals surface area contributed by atoms with Crippen LogP contribution in [0.3, 0.4) is 0 Å². The summed E-state index contributed by atoms with van der Waals surface area (Å²) in [7, 11) is -3.28. The number of rotatable bonds is 3. The van der Waals surface area contributed by atoms with Crippen LogP contribution in [-0.2, 0) is 10.0 Å². The van der Waals surface area contributed by atoms with E-state index >= 15 is 0 Å². The first-order valence-corrected chi connectivity index (χ1v) is 8.54. The highest BCUT2D eigenvalue weighted by Gasteiger charge is 2.32. The SMILES string of the molecule is O=S(=O)(NC1CCCCCC1O)C1CCNCC1. The summed E-state index contributed by atoms with van der Waals surface area (Å²) in [5.41, 5.74) is 0. The lowest BCUT2D eigenvalue weighted by Crippen LogP contribution is -2.48. The van der Waals surface area contributed by atoms with Gasteiger partial charge in [-0.2, -0.15) is 0 Å². The Morgan fingerprint density at radius 1 is 1.00 bits per heavy atom. The maximum atomic E-state index is 12.3. The zero-order valence-electron chi connectivity index (χ0n) is 10.8. The van der Waals surface area contributed by atoms with Crippen molar-refractivity contribution in [2.24, 2.45) is 0 Å². The van der Waals surface area contributed by atoms with Crippen molar-refractivity contribution in [1.29, 1.82) is 0 Å². The summed E-state index contributed by atoms with van der Waals surface area (Å²) in [4.78, 5) is 0. The van der Waals surface area contributed by atoms with Crippen LogP contribution in [0.25, 0.3) is 0 Å². The molecule has 6 heteroatoms. The predicted molar refractivity (Wildman–Crippen MR) is 70.8 cm³/mol. The maximum absolute atomic E-state index is 12.3. The quantitative estimate of drug-likeness (QED) is 0.650. The highest BCUT2D eigenvalue weighted by Crippen LogP contribution is 2.20. The molecule has 1 aliphatic heterocycles. The fraction of sp³-hybridized carbons (Fsp3) is 1.00. The Labute approximate surface area is 109 Å². The van der Waals surface area contributed by atoms with Crippen molar-refractivity contribution in [2.75, 3.05) is 13.1 Å². The van der Waals surface area contributed by atoms with Gasteiger partial charge >= 0.3 is 0 Å². The zero-order chi connectivity index (χ0) is 13.0. The third-order valence-corrected chi connectivity index (χ3v) is 6.00. The lowest BCUT2D eigenvalue weighted by molar-refractivity contribution is 0.130. The Morgan fingerprint density at radius 2 is 1.67 bits per heavy atom. The number of aliphatic hydroxyl groups is 1. The van der Waals surface area contributed by atoms with Gasteiger partial charge in [-0.05, 0) is 38.8 Å². The Balaban J connectivity index is 1.97. The molecule has 2 rings (SSSR count). The summed E-state index contributed by atoms with van der Waals surface area (Å²) < 4.78 is 27.3. The lowest BCUT2D eigenvalue weighted by atomic mass is 10.1. The molecule has 0 radical (unpaired) electrons. The summed E-state index contributed by atoms with van der Waals surface area (Å²) in [6.45, 7) is 1.53. The number of piperidine rings is 1. The molecule has 1 saturated carbocycles. The Bertz CT molecular complexity index is 352. The Hall–Kier alpha value is -0.170. The van der Waals surface area contributed by atoms with Crippen molar-refractivity contribution in [3.63, 3.8) is 0 Å². The van der Waals surface area contributed by atoms with Gasteiger partial charge in [0, 0.05) is 6.04 Å². The molecule has 0 aromatic rings. The molecule has 1 aliphatic carbocycles. The van der Waals surface area contributed by atoms with Crippen LogP contribution in [0.15, 0.2) is 0 Å². The van der Waals surface area contributed by atoms with E-state index in [2.05, 4.69) is 10.0 Å². The van der Waals surface area contributed by atoms with E-state index in [1.54, 1.807) is 0 Å². The van der Waals surface area contributed by atoms with Crippen LogP contribution >= 0.6 is 0 Å². The second-order valence-corrected chi connectivity index (χ2v) is 7.42. The van der Waals surface area contributed by atoms with Gasteiger partial charge in [0.15, 0.2) is 0 Å². The van der Waals surface area contributed by atoms with E-state index in [0.717, 1.165) is 38.8 Å². The molecule has 0 bridgehead atoms. The summed E-state index contributed by atoms with van der Waals surface area (Å²) in [6, 6.07) is -0.285. The fourth-order valence-electron chi connectivity index (χ4n) is 2.84. The number of nitrogens with one attached hydrogen (secondary N) is 2. The molecule has 0 spiro atoms. The van der Waals surface area contributed by atoms with E-state index in [0.29, 0.717) is 19.3 Å². The van der Waals surface area contributed by atoms with Gasteiger partial charge in [0.05, 0.1) is 11.4 Å². The van der Waals surface area contributed by atoms with Crippen LogP contribution in [0.1, 0.15) is 44.9 Å². The minimum absolute atomic E-state index is 0.285. The monoisotopic (exact) mass is 276 g/mol. The van der Waals surface area contributed by atoms with Crippen molar-refractivity contribution in [2.45, 2.75) is 62.3 Å². The van der Waals surface area contributed by atoms with E-state index in [4.69, 9.17) is 0 Å². The van der Waals surface area contributed by atoms with Gasteiger partial charge in [-0.3, -0.25) is 0 Å². The minimum Gasteiger partial charge on any atom is -0.391 e. The van der Waals surface area contributed by atoms with E-state index in [-0.39, 0.29) is 11.3 Å². The molecule has 106 valence electrons. The standard InChI is InChI=1S/C12H24N2O3S/c15-12-5-3-1-2-4-11(12)14-18(16,17)10-6-8-13-9-7-10/h10-15H,1-9H2. The molecule has 0 amide bonds. The topological polar surface area (TPSA) is 78.4 Å². The van der Waals surface area contributed by atoms with Gasteiger partial charge in [0.2, 0.25) is 10.0 Å². The summed E-state index contributed by atoms with van der Waals surface area (Å²) in [5, 5.41) is 12.8. The lowest BCUT2D eigenvalue weighted by Gasteiger charge is -2.27. The van der Waals surface area contributed by atoms with Crippen molar-refractivity contribution in [3.8, 4) is 0 Å². The van der Waals surface area contributed by atoms with Gasteiger partial charge in [-0.1, -0.05) is 19.3 Å². The molecule has 2 unspecified atom stereocenters. The molecule has 2 aliphatic rings. The molecule has 2 atom stereocenters. The largest absolute Gasteiger partial charge is 0.391 e. The molecular weight excluding hydrogens is 252 g/mol. The van der Waals surface area contributed by atoms with Crippen LogP contribution in [0.4, 0.5) is 0 Å². The molecule has 1 heterocycles.